The van der Waals surface area contributed by atoms with E-state index in [2.05, 4.69) is 22.1 Å². The topological polar surface area (TPSA) is 61.1 Å². The van der Waals surface area contributed by atoms with Gasteiger partial charge in [-0.15, -0.1) is 5.26 Å². The predicted octanol–water partition coefficient (Wildman–Crippen LogP) is 0.782. The van der Waals surface area contributed by atoms with E-state index in [9.17, 15) is 4.79 Å². The van der Waals surface area contributed by atoms with Crippen LogP contribution < -0.4 is 0 Å². The molecule has 0 saturated carbocycles. The van der Waals surface area contributed by atoms with E-state index in [0.717, 1.165) is 0 Å². The lowest BCUT2D eigenvalue weighted by molar-refractivity contribution is -0.823. The molecule has 0 aliphatic heterocycles. The van der Waals surface area contributed by atoms with Crippen LogP contribution in [0.1, 0.15) is 6.42 Å². The maximum Gasteiger partial charge on any atom is 0.308 e. The number of nitriles is 1. The van der Waals surface area contributed by atoms with Gasteiger partial charge in [0.15, 0.2) is 0 Å². The highest BCUT2D eigenvalue weighted by Crippen LogP contribution is 2.09. The zero-order chi connectivity index (χ0) is 9.78. The molecule has 0 spiro atoms. The van der Waals surface area contributed by atoms with E-state index in [1.54, 1.807) is 14.1 Å². The first kappa shape index (κ1) is 11.4. The molecule has 0 bridgehead atoms. The number of halogens is 1. The average Bonchev–Trinajstić information content (AvgIpc) is 1.84. The van der Waals surface area contributed by atoms with Crippen molar-refractivity contribution < 1.29 is 14.4 Å². The molecule has 1 N–H and O–H groups in total. The fourth-order valence-electron chi connectivity index (χ4n) is 0.790. The Hall–Kier alpha value is -0.600. The number of nitrogens with zero attached hydrogens (tertiary/aromatic N) is 2. The number of alkyl halides is 1. The van der Waals surface area contributed by atoms with Crippen molar-refractivity contribution in [1.29, 1.82) is 5.26 Å². The lowest BCUT2D eigenvalue weighted by Crippen LogP contribution is -2.39. The third kappa shape index (κ3) is 5.10. The van der Waals surface area contributed by atoms with E-state index in [4.69, 9.17) is 10.4 Å². The molecule has 0 aromatic rings. The van der Waals surface area contributed by atoms with Crippen LogP contribution in [-0.4, -0.2) is 41.0 Å². The van der Waals surface area contributed by atoms with Gasteiger partial charge < -0.3 is 5.11 Å². The van der Waals surface area contributed by atoms with Crippen molar-refractivity contribution in [2.24, 2.45) is 0 Å². The van der Waals surface area contributed by atoms with Crippen LogP contribution in [0.15, 0.2) is 0 Å². The molecule has 1 atom stereocenters. The highest BCUT2D eigenvalue weighted by molar-refractivity contribution is 9.09. The van der Waals surface area contributed by atoms with Crippen molar-refractivity contribution in [2.45, 2.75) is 11.2 Å². The third-order valence-corrected chi connectivity index (χ3v) is 1.93. The number of aliphatic carboxylic acids is 1. The largest absolute Gasteiger partial charge is 0.481 e. The molecule has 0 aromatic carbocycles. The summed E-state index contributed by atoms with van der Waals surface area (Å²) in [6.45, 7) is 0.489. The minimum Gasteiger partial charge on any atom is -0.481 e. The molecule has 0 saturated heterocycles. The van der Waals surface area contributed by atoms with Gasteiger partial charge in [0.25, 0.3) is 0 Å². The molecule has 0 radical (unpaired) electrons. The van der Waals surface area contributed by atoms with Crippen molar-refractivity contribution in [3.63, 3.8) is 0 Å². The summed E-state index contributed by atoms with van der Waals surface area (Å²) in [5, 5.41) is 17.1. The molecule has 4 nitrogen and oxygen atoms in total. The molecule has 0 aromatic heterocycles. The van der Waals surface area contributed by atoms with Crippen LogP contribution >= 0.6 is 15.9 Å². The van der Waals surface area contributed by atoms with Crippen molar-refractivity contribution in [3.8, 4) is 6.19 Å². The van der Waals surface area contributed by atoms with Crippen molar-refractivity contribution in [3.05, 3.63) is 0 Å². The van der Waals surface area contributed by atoms with Gasteiger partial charge in [0.2, 0.25) is 0 Å². The quantitative estimate of drug-likeness (QED) is 0.445. The Kier molecular flexibility index (Phi) is 4.21. The monoisotopic (exact) mass is 235 g/mol. The van der Waals surface area contributed by atoms with Crippen LogP contribution in [-0.2, 0) is 4.79 Å². The van der Waals surface area contributed by atoms with Crippen LogP contribution in [0.25, 0.3) is 0 Å². The lowest BCUT2D eigenvalue weighted by Gasteiger charge is -2.20. The van der Waals surface area contributed by atoms with Gasteiger partial charge in [-0.1, -0.05) is 15.9 Å². The number of rotatable bonds is 4. The molecule has 0 amide bonds. The van der Waals surface area contributed by atoms with Crippen LogP contribution in [0.2, 0.25) is 0 Å². The molecule has 0 aliphatic rings. The van der Waals surface area contributed by atoms with E-state index in [1.807, 2.05) is 0 Å². The van der Waals surface area contributed by atoms with Gasteiger partial charge in [-0.2, -0.15) is 0 Å². The Bertz CT molecular complexity index is 210. The second-order valence-electron chi connectivity index (χ2n) is 3.16. The lowest BCUT2D eigenvalue weighted by atomic mass is 10.3. The average molecular weight is 236 g/mol. The zero-order valence-corrected chi connectivity index (χ0v) is 8.71. The molecule has 0 fully saturated rings. The summed E-state index contributed by atoms with van der Waals surface area (Å²) in [5.41, 5.74) is 0. The zero-order valence-electron chi connectivity index (χ0n) is 7.12. The molecular weight excluding hydrogens is 224 g/mol. The third-order valence-electron chi connectivity index (χ3n) is 1.32. The summed E-state index contributed by atoms with van der Waals surface area (Å²) in [6, 6.07) is 0. The van der Waals surface area contributed by atoms with Gasteiger partial charge in [-0.05, 0) is 0 Å². The molecule has 0 aliphatic carbocycles. The van der Waals surface area contributed by atoms with E-state index >= 15 is 0 Å². The van der Waals surface area contributed by atoms with Crippen molar-refractivity contribution >= 4 is 21.9 Å². The normalized spacial score (nSPS) is 13.5. The van der Waals surface area contributed by atoms with Gasteiger partial charge in [0.05, 0.1) is 25.3 Å². The molecule has 0 heterocycles. The Morgan fingerprint density at radius 2 is 2.25 bits per heavy atom. The minimum atomic E-state index is -0.852. The summed E-state index contributed by atoms with van der Waals surface area (Å²) >= 11 is 3.21. The smallest absolute Gasteiger partial charge is 0.308 e. The molecule has 12 heavy (non-hydrogen) atoms. The number of hydrogen-bond donors (Lipinski definition) is 1. The standard InChI is InChI=1S/C7H11BrN2O2/c1-10(2,5-9)4-6(8)3-7(11)12/h6H,3-4H2,1-2H3/p+1. The summed E-state index contributed by atoms with van der Waals surface area (Å²) in [7, 11) is 3.46. The van der Waals surface area contributed by atoms with Crippen LogP contribution in [0, 0.1) is 11.5 Å². The first-order chi connectivity index (χ1) is 5.37. The van der Waals surface area contributed by atoms with E-state index in [1.165, 1.54) is 0 Å². The fourth-order valence-corrected chi connectivity index (χ4v) is 1.79. The highest BCUT2D eigenvalue weighted by atomic mass is 79.9. The van der Waals surface area contributed by atoms with Gasteiger partial charge in [0, 0.05) is 0 Å². The second kappa shape index (κ2) is 4.43. The molecular formula is C7H12BrN2O2+. The molecule has 0 rings (SSSR count). The predicted molar refractivity (Wildman–Crippen MR) is 47.6 cm³/mol. The molecule has 5 heteroatoms. The minimum absolute atomic E-state index is 0.0450. The fraction of sp³-hybridized carbons (Fsp3) is 0.714. The van der Waals surface area contributed by atoms with Crippen LogP contribution in [0.3, 0.4) is 0 Å². The number of carbonyl (C=O) groups is 1. The van der Waals surface area contributed by atoms with Gasteiger partial charge in [-0.3, -0.25) is 4.79 Å². The Labute approximate surface area is 80.1 Å². The van der Waals surface area contributed by atoms with Crippen LogP contribution in [0.4, 0.5) is 0 Å². The first-order valence-corrected chi connectivity index (χ1v) is 4.39. The Morgan fingerprint density at radius 3 is 2.58 bits per heavy atom. The van der Waals surface area contributed by atoms with E-state index in [0.29, 0.717) is 6.54 Å². The number of carboxylic acid groups (broad SMARTS) is 1. The first-order valence-electron chi connectivity index (χ1n) is 3.47. The number of quaternary nitrogens is 1. The maximum atomic E-state index is 10.3. The second-order valence-corrected chi connectivity index (χ2v) is 4.46. The maximum absolute atomic E-state index is 10.3. The van der Waals surface area contributed by atoms with E-state index < -0.39 is 5.97 Å². The van der Waals surface area contributed by atoms with Crippen molar-refractivity contribution in [1.82, 2.24) is 0 Å². The molecule has 68 valence electrons. The highest BCUT2D eigenvalue weighted by Gasteiger charge is 2.21. The summed E-state index contributed by atoms with van der Waals surface area (Å²) in [5.74, 6) is -0.852. The number of carboxylic acids is 1. The SMILES string of the molecule is C[N+](C)(C#N)CC(Br)CC(=O)O. The van der Waals surface area contributed by atoms with E-state index in [-0.39, 0.29) is 15.7 Å². The Morgan fingerprint density at radius 1 is 1.75 bits per heavy atom. The number of hydrogen-bond acceptors (Lipinski definition) is 2. The van der Waals surface area contributed by atoms with Gasteiger partial charge >= 0.3 is 12.2 Å². The summed E-state index contributed by atoms with van der Waals surface area (Å²) < 4.78 is 0.156. The Balaban J connectivity index is 3.94. The van der Waals surface area contributed by atoms with Gasteiger partial charge in [-0.25, -0.2) is 4.48 Å². The van der Waals surface area contributed by atoms with Crippen molar-refractivity contribution in [2.75, 3.05) is 20.6 Å². The molecule has 1 unspecified atom stereocenters. The van der Waals surface area contributed by atoms with Crippen LogP contribution in [0.5, 0.6) is 0 Å². The summed E-state index contributed by atoms with van der Waals surface area (Å²) in [4.78, 5) is 10.1. The summed E-state index contributed by atoms with van der Waals surface area (Å²) in [6.07, 6.45) is 2.11. The van der Waals surface area contributed by atoms with Gasteiger partial charge in [0.1, 0.15) is 6.54 Å².